The van der Waals surface area contributed by atoms with Gasteiger partial charge in [0.1, 0.15) is 0 Å². The molecule has 1 aliphatic heterocycles. The van der Waals surface area contributed by atoms with Crippen LogP contribution in [0.4, 0.5) is 0 Å². The van der Waals surface area contributed by atoms with Gasteiger partial charge in [-0.25, -0.2) is 0 Å². The van der Waals surface area contributed by atoms with Gasteiger partial charge < -0.3 is 4.74 Å². The summed E-state index contributed by atoms with van der Waals surface area (Å²) >= 11 is 0. The van der Waals surface area contributed by atoms with Gasteiger partial charge in [0.2, 0.25) is 0 Å². The lowest BCUT2D eigenvalue weighted by molar-refractivity contribution is -0.0839. The summed E-state index contributed by atoms with van der Waals surface area (Å²) in [5, 5.41) is 0. The van der Waals surface area contributed by atoms with Crippen LogP contribution in [0.2, 0.25) is 0 Å². The van der Waals surface area contributed by atoms with Crippen LogP contribution in [0.5, 0.6) is 0 Å². The third-order valence-corrected chi connectivity index (χ3v) is 7.81. The Morgan fingerprint density at radius 2 is 1.81 bits per heavy atom. The third kappa shape index (κ3) is 7.29. The van der Waals surface area contributed by atoms with E-state index in [1.807, 2.05) is 0 Å². The van der Waals surface area contributed by atoms with E-state index in [1.54, 1.807) is 0 Å². The lowest BCUT2D eigenvalue weighted by Gasteiger charge is -2.39. The summed E-state index contributed by atoms with van der Waals surface area (Å²) in [5.74, 6) is 11.1. The average molecular weight is 392 g/mol. The maximum atomic E-state index is 5.97. The normalized spacial score (nSPS) is 21.3. The summed E-state index contributed by atoms with van der Waals surface area (Å²) in [5.41, 5.74) is 1.31. The maximum Gasteiger partial charge on any atom is 0.0629 e. The van der Waals surface area contributed by atoms with Crippen molar-refractivity contribution in [2.45, 2.75) is 77.2 Å². The summed E-state index contributed by atoms with van der Waals surface area (Å²) in [6.07, 6.45) is 6.23. The number of hydrogen-bond acceptors (Lipinski definition) is 2. The number of nitrogens with one attached hydrogen (secondary N) is 1. The Bertz CT molecular complexity index is 673. The highest BCUT2D eigenvalue weighted by atomic mass is 32.2. The zero-order valence-electron chi connectivity index (χ0n) is 18.2. The summed E-state index contributed by atoms with van der Waals surface area (Å²) < 4.78 is 9.67. The molecule has 1 heterocycles. The minimum atomic E-state index is -1.43. The number of rotatable bonds is 9. The van der Waals surface area contributed by atoms with Crippen molar-refractivity contribution in [1.29, 1.82) is 0 Å². The van der Waals surface area contributed by atoms with Crippen molar-refractivity contribution in [3.8, 4) is 0 Å². The Morgan fingerprint density at radius 3 is 2.41 bits per heavy atom. The molecule has 0 unspecified atom stereocenters. The average Bonchev–Trinajstić information content (AvgIpc) is 2.57. The molecule has 0 radical (unpaired) electrons. The first-order valence-corrected chi connectivity index (χ1v) is 12.5. The molecule has 1 fully saturated rings. The molecule has 1 aromatic carbocycles. The van der Waals surface area contributed by atoms with Crippen molar-refractivity contribution in [1.82, 2.24) is 4.72 Å². The molecule has 0 aliphatic carbocycles. The SMILES string of the molecule is C=S(=C)(NCC[C@@H](CCC(C)C)[C@@H]1CCOC(C)(C)C1)c1ccc(C)cc1. The van der Waals surface area contributed by atoms with E-state index < -0.39 is 9.39 Å². The zero-order chi connectivity index (χ0) is 20.1. The Morgan fingerprint density at radius 1 is 1.15 bits per heavy atom. The van der Waals surface area contributed by atoms with Crippen LogP contribution in [-0.2, 0) is 4.74 Å². The molecule has 2 rings (SSSR count). The van der Waals surface area contributed by atoms with Gasteiger partial charge in [0.15, 0.2) is 0 Å². The van der Waals surface area contributed by atoms with Gasteiger partial charge in [0.05, 0.1) is 5.60 Å². The van der Waals surface area contributed by atoms with Crippen LogP contribution in [0.3, 0.4) is 0 Å². The van der Waals surface area contributed by atoms with Crippen LogP contribution in [0.15, 0.2) is 29.2 Å². The minimum Gasteiger partial charge on any atom is -0.376 e. The summed E-state index contributed by atoms with van der Waals surface area (Å²) in [6, 6.07) is 8.67. The fourth-order valence-corrected chi connectivity index (χ4v) is 5.50. The quantitative estimate of drug-likeness (QED) is 0.508. The smallest absolute Gasteiger partial charge is 0.0629 e. The highest BCUT2D eigenvalue weighted by molar-refractivity contribution is 8.26. The van der Waals surface area contributed by atoms with E-state index >= 15 is 0 Å². The summed E-state index contributed by atoms with van der Waals surface area (Å²) in [6.45, 7) is 13.2. The fourth-order valence-electron chi connectivity index (χ4n) is 4.17. The second-order valence-corrected chi connectivity index (χ2v) is 12.0. The van der Waals surface area contributed by atoms with Gasteiger partial charge in [0.25, 0.3) is 0 Å². The molecule has 0 aromatic heterocycles. The van der Waals surface area contributed by atoms with Gasteiger partial charge >= 0.3 is 0 Å². The van der Waals surface area contributed by atoms with Gasteiger partial charge in [-0.1, -0.05) is 49.7 Å². The Kier molecular flexibility index (Phi) is 8.03. The number of hydrogen-bond donors (Lipinski definition) is 1. The van der Waals surface area contributed by atoms with Crippen LogP contribution in [0.25, 0.3) is 0 Å². The molecule has 27 heavy (non-hydrogen) atoms. The first kappa shape index (κ1) is 22.5. The fraction of sp³-hybridized carbons (Fsp3) is 0.667. The molecule has 0 spiro atoms. The molecule has 154 valence electrons. The van der Waals surface area contributed by atoms with Crippen molar-refractivity contribution >= 4 is 21.1 Å². The number of aryl methyl sites for hydroxylation is 1. The highest BCUT2D eigenvalue weighted by Crippen LogP contribution is 2.37. The van der Waals surface area contributed by atoms with E-state index in [-0.39, 0.29) is 5.60 Å². The lowest BCUT2D eigenvalue weighted by atomic mass is 9.76. The second-order valence-electron chi connectivity index (χ2n) is 9.47. The Labute approximate surface area is 168 Å². The van der Waals surface area contributed by atoms with Gasteiger partial charge in [-0.3, -0.25) is 4.72 Å². The largest absolute Gasteiger partial charge is 0.376 e. The van der Waals surface area contributed by atoms with Crippen LogP contribution in [0, 0.1) is 24.7 Å². The van der Waals surface area contributed by atoms with Crippen molar-refractivity contribution in [2.24, 2.45) is 17.8 Å². The maximum absolute atomic E-state index is 5.97. The van der Waals surface area contributed by atoms with Crippen LogP contribution in [-0.4, -0.2) is 30.5 Å². The van der Waals surface area contributed by atoms with E-state index in [0.717, 1.165) is 30.9 Å². The molecule has 1 saturated heterocycles. The van der Waals surface area contributed by atoms with E-state index in [4.69, 9.17) is 4.74 Å². The Hall–Kier alpha value is -0.770. The highest BCUT2D eigenvalue weighted by Gasteiger charge is 2.33. The monoisotopic (exact) mass is 391 g/mol. The van der Waals surface area contributed by atoms with E-state index in [9.17, 15) is 0 Å². The minimum absolute atomic E-state index is 0.0297. The second kappa shape index (κ2) is 9.62. The molecule has 1 aliphatic rings. The molecule has 1 aromatic rings. The van der Waals surface area contributed by atoms with E-state index in [1.165, 1.54) is 42.6 Å². The van der Waals surface area contributed by atoms with Crippen molar-refractivity contribution in [2.75, 3.05) is 13.2 Å². The van der Waals surface area contributed by atoms with Gasteiger partial charge in [-0.2, -0.15) is 0 Å². The number of benzene rings is 1. The summed E-state index contributed by atoms with van der Waals surface area (Å²) in [7, 11) is -1.43. The first-order valence-electron chi connectivity index (χ1n) is 10.5. The topological polar surface area (TPSA) is 21.3 Å². The molecular weight excluding hydrogens is 350 g/mol. The summed E-state index contributed by atoms with van der Waals surface area (Å²) in [4.78, 5) is 1.24. The van der Waals surface area contributed by atoms with Crippen LogP contribution in [0.1, 0.15) is 65.4 Å². The van der Waals surface area contributed by atoms with Crippen molar-refractivity contribution < 1.29 is 4.74 Å². The third-order valence-electron chi connectivity index (χ3n) is 5.88. The molecule has 2 nitrogen and oxygen atoms in total. The molecular formula is C24H41NOS. The number of ether oxygens (including phenoxy) is 1. The molecule has 0 amide bonds. The first-order chi connectivity index (χ1) is 12.6. The predicted octanol–water partition coefficient (Wildman–Crippen LogP) is 6.17. The zero-order valence-corrected chi connectivity index (χ0v) is 19.0. The van der Waals surface area contributed by atoms with Gasteiger partial charge in [-0.05, 0) is 76.3 Å². The molecule has 1 N–H and O–H groups in total. The van der Waals surface area contributed by atoms with E-state index in [0.29, 0.717) is 0 Å². The van der Waals surface area contributed by atoms with Crippen LogP contribution < -0.4 is 4.72 Å². The standard InChI is InChI=1S/C24H41NOS/c1-19(2)8-11-21(22-15-17-26-24(4,5)18-22)14-16-25-27(6,7)23-12-9-20(3)10-13-23/h9-10,12-13,19,21-22,25H,6-8,11,14-18H2,1-5H3/t21-,22-/m1/s1. The van der Waals surface area contributed by atoms with E-state index in [2.05, 4.69) is 75.3 Å². The van der Waals surface area contributed by atoms with Gasteiger partial charge in [-0.15, -0.1) is 9.39 Å². The Balaban J connectivity index is 1.97. The van der Waals surface area contributed by atoms with Gasteiger partial charge in [0, 0.05) is 18.0 Å². The molecule has 3 heteroatoms. The lowest BCUT2D eigenvalue weighted by Crippen LogP contribution is -2.37. The van der Waals surface area contributed by atoms with Crippen LogP contribution >= 0.6 is 9.39 Å². The van der Waals surface area contributed by atoms with Crippen molar-refractivity contribution in [3.63, 3.8) is 0 Å². The molecule has 0 saturated carbocycles. The van der Waals surface area contributed by atoms with Crippen molar-refractivity contribution in [3.05, 3.63) is 29.8 Å². The molecule has 0 bridgehead atoms. The predicted molar refractivity (Wildman–Crippen MR) is 124 cm³/mol. The molecule has 2 atom stereocenters.